The van der Waals surface area contributed by atoms with E-state index >= 15 is 0 Å². The summed E-state index contributed by atoms with van der Waals surface area (Å²) in [6, 6.07) is 6.48. The highest BCUT2D eigenvalue weighted by atomic mass is 32.2. The molecule has 2 unspecified atom stereocenters. The Labute approximate surface area is 250 Å². The van der Waals surface area contributed by atoms with E-state index in [0.717, 1.165) is 31.2 Å². The fraction of sp³-hybridized carbons (Fsp3) is 0.552. The lowest BCUT2D eigenvalue weighted by Crippen LogP contribution is -2.68. The van der Waals surface area contributed by atoms with Gasteiger partial charge in [0, 0.05) is 5.56 Å². The summed E-state index contributed by atoms with van der Waals surface area (Å²) < 4.78 is 46.6. The summed E-state index contributed by atoms with van der Waals surface area (Å²) in [5.74, 6) is -0.00950. The number of para-hydroxylation sites is 1. The Bertz CT molecular complexity index is 1470. The van der Waals surface area contributed by atoms with Crippen molar-refractivity contribution < 1.29 is 37.0 Å². The average molecular weight is 620 g/mol. The van der Waals surface area contributed by atoms with Gasteiger partial charge < -0.3 is 23.9 Å². The first-order valence-corrected chi connectivity index (χ1v) is 16.4. The van der Waals surface area contributed by atoms with Gasteiger partial charge in [0.25, 0.3) is 0 Å². The van der Waals surface area contributed by atoms with Crippen LogP contribution in [0.1, 0.15) is 70.9 Å². The predicted molar refractivity (Wildman–Crippen MR) is 157 cm³/mol. The minimum atomic E-state index is -4.46. The third-order valence-corrected chi connectivity index (χ3v) is 12.5. The Kier molecular flexibility index (Phi) is 8.38. The van der Waals surface area contributed by atoms with Crippen LogP contribution in [0.3, 0.4) is 0 Å². The Hall–Kier alpha value is -3.03. The van der Waals surface area contributed by atoms with Gasteiger partial charge in [0.2, 0.25) is 15.9 Å². The quantitative estimate of drug-likeness (QED) is 0.402. The zero-order valence-electron chi connectivity index (χ0n) is 24.3. The fourth-order valence-electron chi connectivity index (χ4n) is 5.97. The number of methoxy groups -OCH3 is 1. The first kappa shape index (κ1) is 30.4. The van der Waals surface area contributed by atoms with E-state index in [1.165, 1.54) is 43.0 Å². The predicted octanol–water partition coefficient (Wildman–Crippen LogP) is 5.12. The Morgan fingerprint density at radius 2 is 1.93 bits per heavy atom. The van der Waals surface area contributed by atoms with Crippen molar-refractivity contribution in [2.24, 2.45) is 5.92 Å². The second-order valence-electron chi connectivity index (χ2n) is 11.6. The molecule has 1 aromatic heterocycles. The van der Waals surface area contributed by atoms with Crippen molar-refractivity contribution in [3.8, 4) is 5.75 Å². The number of carbonyl (C=O) groups is 2. The molecule has 228 valence electrons. The zero-order valence-corrected chi connectivity index (χ0v) is 26.0. The molecule has 0 bridgehead atoms. The van der Waals surface area contributed by atoms with Crippen LogP contribution in [0.5, 0.6) is 5.75 Å². The third-order valence-electron chi connectivity index (χ3n) is 8.41. The van der Waals surface area contributed by atoms with Crippen molar-refractivity contribution in [3.05, 3.63) is 53.8 Å². The molecule has 1 N–H and O–H groups in total. The smallest absolute Gasteiger partial charge is 0.335 e. The van der Waals surface area contributed by atoms with Crippen molar-refractivity contribution in [2.45, 2.75) is 81.7 Å². The van der Waals surface area contributed by atoms with Gasteiger partial charge in [0.1, 0.15) is 28.7 Å². The number of benzene rings is 1. The van der Waals surface area contributed by atoms with E-state index in [1.807, 2.05) is 24.3 Å². The highest BCUT2D eigenvalue weighted by Crippen LogP contribution is 2.52. The van der Waals surface area contributed by atoms with Gasteiger partial charge in [0.15, 0.2) is 5.54 Å². The van der Waals surface area contributed by atoms with E-state index in [9.17, 15) is 23.1 Å². The minimum absolute atomic E-state index is 0.0205. The van der Waals surface area contributed by atoms with Crippen LogP contribution in [0.2, 0.25) is 0 Å². The van der Waals surface area contributed by atoms with Gasteiger partial charge >= 0.3 is 12.0 Å². The number of carboxylic acid groups (broad SMARTS) is 1. The molecule has 2 amide bonds. The summed E-state index contributed by atoms with van der Waals surface area (Å²) in [7, 11) is -2.90. The number of carbonyl (C=O) groups excluding carboxylic acids is 1. The van der Waals surface area contributed by atoms with E-state index in [2.05, 4.69) is 11.9 Å². The molecule has 5 rings (SSSR count). The van der Waals surface area contributed by atoms with Crippen molar-refractivity contribution >= 4 is 38.7 Å². The zero-order chi connectivity index (χ0) is 30.4. The van der Waals surface area contributed by atoms with Gasteiger partial charge in [-0.1, -0.05) is 36.9 Å². The average Bonchev–Trinajstić information content (AvgIpc) is 3.59. The number of hydrogen-bond donors (Lipinski definition) is 1. The monoisotopic (exact) mass is 619 g/mol. The van der Waals surface area contributed by atoms with E-state index in [0.29, 0.717) is 26.5 Å². The molecular weight excluding hydrogens is 582 g/mol. The van der Waals surface area contributed by atoms with Crippen LogP contribution in [0.15, 0.2) is 46.7 Å². The standard InChI is InChI=1S/C29H37N3O8S2/c1-17-10-12-19(13-11-17)40-22(20-8-6-7-9-21(20)38-5)16-31-26-24(18(2)23(41-26)25-30-14-15-39-25)42(36,37)32(28(31)35)29(3,4)27(33)34/h6-9,14-15,17,19,22,24,26H,10-13,16H2,1-5H3,(H,33,34)/t17-,19+,22-,24?,26?/m0/s1. The van der Waals surface area contributed by atoms with Gasteiger partial charge in [-0.05, 0) is 64.0 Å². The van der Waals surface area contributed by atoms with Crippen molar-refractivity contribution in [1.82, 2.24) is 14.2 Å². The van der Waals surface area contributed by atoms with E-state index in [4.69, 9.17) is 13.9 Å². The van der Waals surface area contributed by atoms with Crippen LogP contribution >= 0.6 is 11.8 Å². The number of aromatic nitrogens is 1. The van der Waals surface area contributed by atoms with Gasteiger partial charge in [-0.15, -0.1) is 0 Å². The molecule has 1 saturated heterocycles. The number of ether oxygens (including phenoxy) is 2. The van der Waals surface area contributed by atoms with Crippen LogP contribution < -0.4 is 4.74 Å². The number of aliphatic carboxylic acids is 1. The molecule has 3 heterocycles. The summed E-state index contributed by atoms with van der Waals surface area (Å²) >= 11 is 1.18. The maximum Gasteiger partial charge on any atom is 0.335 e. The summed E-state index contributed by atoms with van der Waals surface area (Å²) in [4.78, 5) is 32.7. The Morgan fingerprint density at radius 3 is 2.55 bits per heavy atom. The van der Waals surface area contributed by atoms with Crippen LogP contribution in [-0.2, 0) is 19.6 Å². The van der Waals surface area contributed by atoms with Crippen LogP contribution in [0, 0.1) is 5.92 Å². The molecule has 2 aliphatic heterocycles. The number of nitrogens with zero attached hydrogens (tertiary/aromatic N) is 3. The Morgan fingerprint density at radius 1 is 1.24 bits per heavy atom. The number of urea groups is 1. The number of oxazole rings is 1. The van der Waals surface area contributed by atoms with E-state index in [1.54, 1.807) is 14.0 Å². The highest BCUT2D eigenvalue weighted by Gasteiger charge is 2.61. The number of carboxylic acids is 1. The first-order valence-electron chi connectivity index (χ1n) is 14.0. The summed E-state index contributed by atoms with van der Waals surface area (Å²) in [6.45, 7) is 6.30. The third kappa shape index (κ3) is 5.30. The molecular formula is C29H37N3O8S2. The molecule has 3 atom stereocenters. The highest BCUT2D eigenvalue weighted by molar-refractivity contribution is 8.10. The topological polar surface area (TPSA) is 139 Å². The van der Waals surface area contributed by atoms with Crippen molar-refractivity contribution in [1.29, 1.82) is 0 Å². The van der Waals surface area contributed by atoms with Crippen molar-refractivity contribution in [3.63, 3.8) is 0 Å². The van der Waals surface area contributed by atoms with Crippen LogP contribution in [0.25, 0.3) is 4.91 Å². The van der Waals surface area contributed by atoms with Gasteiger partial charge in [-0.3, -0.25) is 0 Å². The number of rotatable bonds is 9. The number of fused-ring (bicyclic) bond motifs is 1. The summed E-state index contributed by atoms with van der Waals surface area (Å²) in [6.07, 6.45) is 5.92. The lowest BCUT2D eigenvalue weighted by Gasteiger charge is -2.47. The van der Waals surface area contributed by atoms with Gasteiger partial charge in [-0.2, -0.15) is 0 Å². The van der Waals surface area contributed by atoms with Crippen molar-refractivity contribution in [2.75, 3.05) is 13.7 Å². The molecule has 42 heavy (non-hydrogen) atoms. The largest absolute Gasteiger partial charge is 0.496 e. The molecule has 0 radical (unpaired) electrons. The SMILES string of the molecule is COc1ccccc1[C@H](CN1C(=O)N(C(C)(C)C(=O)O)S(=O)(=O)C2C(C)=C(c3ncco3)SC21)O[C@H]1CC[C@@H](C)CC1. The molecule has 11 nitrogen and oxygen atoms in total. The molecule has 1 aliphatic carbocycles. The number of sulfonamides is 1. The summed E-state index contributed by atoms with van der Waals surface area (Å²) in [5.41, 5.74) is -0.885. The van der Waals surface area contributed by atoms with E-state index < -0.39 is 44.3 Å². The van der Waals surface area contributed by atoms with Gasteiger partial charge in [0.05, 0.1) is 30.9 Å². The molecule has 0 spiro atoms. The molecule has 13 heteroatoms. The molecule has 2 aromatic rings. The normalized spacial score (nSPS) is 26.7. The summed E-state index contributed by atoms with van der Waals surface area (Å²) in [5, 5.41) is 7.94. The lowest BCUT2D eigenvalue weighted by atomic mass is 9.88. The van der Waals surface area contributed by atoms with Crippen LogP contribution in [-0.4, -0.2) is 75.6 Å². The number of hydrogen-bond acceptors (Lipinski definition) is 9. The lowest BCUT2D eigenvalue weighted by molar-refractivity contribution is -0.145. The molecule has 2 fully saturated rings. The Balaban J connectivity index is 1.59. The second kappa shape index (κ2) is 11.6. The first-order chi connectivity index (χ1) is 19.9. The minimum Gasteiger partial charge on any atom is -0.496 e. The maximum atomic E-state index is 14.2. The van der Waals surface area contributed by atoms with Gasteiger partial charge in [-0.25, -0.2) is 27.3 Å². The second-order valence-corrected chi connectivity index (χ2v) is 14.7. The molecule has 1 saturated carbocycles. The van der Waals surface area contributed by atoms with Crippen LogP contribution in [0.4, 0.5) is 4.79 Å². The molecule has 3 aliphatic rings. The maximum absolute atomic E-state index is 14.2. The molecule has 1 aromatic carbocycles. The fourth-order valence-corrected chi connectivity index (χ4v) is 10.3. The van der Waals surface area contributed by atoms with E-state index in [-0.39, 0.29) is 18.5 Å². The number of thioether (sulfide) groups is 1. The number of amides is 2.